The molecule has 4 heteroatoms. The molecule has 1 aliphatic rings. The molecule has 2 heterocycles. The Morgan fingerprint density at radius 3 is 3.00 bits per heavy atom. The average molecular weight is 211 g/mol. The van der Waals surface area contributed by atoms with Crippen molar-refractivity contribution in [1.82, 2.24) is 4.90 Å². The summed E-state index contributed by atoms with van der Waals surface area (Å²) in [5.41, 5.74) is 0. The molecule has 0 aromatic carbocycles. The summed E-state index contributed by atoms with van der Waals surface area (Å²) < 4.78 is 0. The molecule has 0 spiro atoms. The van der Waals surface area contributed by atoms with Crippen LogP contribution in [0.15, 0.2) is 17.5 Å². The zero-order valence-electron chi connectivity index (χ0n) is 8.01. The Labute approximate surface area is 87.0 Å². The minimum Gasteiger partial charge on any atom is -0.481 e. The number of rotatable bonds is 2. The lowest BCUT2D eigenvalue weighted by Gasteiger charge is -2.11. The van der Waals surface area contributed by atoms with Gasteiger partial charge in [0.25, 0.3) is 0 Å². The molecule has 2 atom stereocenters. The van der Waals surface area contributed by atoms with E-state index < -0.39 is 5.97 Å². The van der Waals surface area contributed by atoms with E-state index in [0.29, 0.717) is 6.54 Å². The summed E-state index contributed by atoms with van der Waals surface area (Å²) >= 11 is 1.65. The highest BCUT2D eigenvalue weighted by molar-refractivity contribution is 7.10. The van der Waals surface area contributed by atoms with E-state index >= 15 is 0 Å². The molecule has 1 saturated heterocycles. The van der Waals surface area contributed by atoms with E-state index in [4.69, 9.17) is 5.11 Å². The number of carboxylic acids is 1. The first-order valence-corrected chi connectivity index (χ1v) is 5.51. The second-order valence-corrected chi connectivity index (χ2v) is 4.77. The van der Waals surface area contributed by atoms with E-state index in [0.717, 1.165) is 6.54 Å². The molecular formula is C10H13NO2S. The Balaban J connectivity index is 2.21. The average Bonchev–Trinajstić information content (AvgIpc) is 2.70. The molecule has 0 bridgehead atoms. The van der Waals surface area contributed by atoms with Gasteiger partial charge < -0.3 is 10.0 Å². The Kier molecular flexibility index (Phi) is 2.56. The molecule has 0 amide bonds. The van der Waals surface area contributed by atoms with Gasteiger partial charge in [-0.05, 0) is 18.5 Å². The third kappa shape index (κ3) is 1.67. The van der Waals surface area contributed by atoms with Gasteiger partial charge in [-0.3, -0.25) is 4.79 Å². The van der Waals surface area contributed by atoms with E-state index in [-0.39, 0.29) is 11.8 Å². The predicted molar refractivity (Wildman–Crippen MR) is 55.7 cm³/mol. The minimum absolute atomic E-state index is 0.178. The molecule has 0 aliphatic carbocycles. The van der Waals surface area contributed by atoms with Crippen molar-refractivity contribution in [2.45, 2.75) is 5.92 Å². The van der Waals surface area contributed by atoms with Crippen LogP contribution in [0, 0.1) is 5.92 Å². The van der Waals surface area contributed by atoms with Crippen molar-refractivity contribution >= 4 is 17.3 Å². The maximum absolute atomic E-state index is 11.0. The standard InChI is InChI=1S/C10H13NO2S/c1-11-5-7(8(6-11)10(12)13)9-3-2-4-14-9/h2-4,7-8H,5-6H2,1H3,(H,12,13)/t7-,8-/m0/s1. The number of hydrogen-bond donors (Lipinski definition) is 1. The van der Waals surface area contributed by atoms with Crippen LogP contribution in [0.3, 0.4) is 0 Å². The first-order chi connectivity index (χ1) is 6.68. The van der Waals surface area contributed by atoms with Crippen molar-refractivity contribution in [3.8, 4) is 0 Å². The van der Waals surface area contributed by atoms with Gasteiger partial charge >= 0.3 is 5.97 Å². The van der Waals surface area contributed by atoms with Crippen LogP contribution in [-0.2, 0) is 4.79 Å². The van der Waals surface area contributed by atoms with Crippen molar-refractivity contribution in [1.29, 1.82) is 0 Å². The second kappa shape index (κ2) is 3.71. The number of likely N-dealkylation sites (N-methyl/N-ethyl adjacent to an activating group) is 1. The lowest BCUT2D eigenvalue weighted by Crippen LogP contribution is -2.21. The Bertz CT molecular complexity index is 323. The Morgan fingerprint density at radius 1 is 1.64 bits per heavy atom. The summed E-state index contributed by atoms with van der Waals surface area (Å²) in [4.78, 5) is 14.3. The van der Waals surface area contributed by atoms with Crippen LogP contribution in [0.1, 0.15) is 10.8 Å². The third-order valence-corrected chi connectivity index (χ3v) is 3.73. The van der Waals surface area contributed by atoms with Gasteiger partial charge in [0.2, 0.25) is 0 Å². The Hall–Kier alpha value is -0.870. The molecule has 14 heavy (non-hydrogen) atoms. The van der Waals surface area contributed by atoms with Crippen LogP contribution in [-0.4, -0.2) is 36.1 Å². The quantitative estimate of drug-likeness (QED) is 0.805. The maximum atomic E-state index is 11.0. The highest BCUT2D eigenvalue weighted by atomic mass is 32.1. The SMILES string of the molecule is CN1C[C@H](C(=O)O)[C@@H](c2cccs2)C1. The predicted octanol–water partition coefficient (Wildman–Crippen LogP) is 1.48. The summed E-state index contributed by atoms with van der Waals surface area (Å²) in [6, 6.07) is 4.02. The number of thiophene rings is 1. The number of carbonyl (C=O) groups is 1. The van der Waals surface area contributed by atoms with Crippen LogP contribution in [0.2, 0.25) is 0 Å². The molecule has 76 valence electrons. The second-order valence-electron chi connectivity index (χ2n) is 3.79. The van der Waals surface area contributed by atoms with Crippen LogP contribution in [0.5, 0.6) is 0 Å². The normalized spacial score (nSPS) is 28.1. The van der Waals surface area contributed by atoms with E-state index in [1.807, 2.05) is 24.6 Å². The van der Waals surface area contributed by atoms with Crippen molar-refractivity contribution in [3.63, 3.8) is 0 Å². The lowest BCUT2D eigenvalue weighted by atomic mass is 9.95. The summed E-state index contributed by atoms with van der Waals surface area (Å²) in [5, 5.41) is 11.1. The fourth-order valence-corrected chi connectivity index (χ4v) is 2.93. The minimum atomic E-state index is -0.673. The van der Waals surface area contributed by atoms with Gasteiger partial charge in [-0.25, -0.2) is 0 Å². The molecule has 2 rings (SSSR count). The first kappa shape index (κ1) is 9.68. The van der Waals surface area contributed by atoms with Gasteiger partial charge in [0.05, 0.1) is 5.92 Å². The molecule has 1 aliphatic heterocycles. The summed E-state index contributed by atoms with van der Waals surface area (Å²) in [5.74, 6) is -0.733. The van der Waals surface area contributed by atoms with Gasteiger partial charge in [0.1, 0.15) is 0 Å². The number of hydrogen-bond acceptors (Lipinski definition) is 3. The maximum Gasteiger partial charge on any atom is 0.308 e. The molecule has 0 saturated carbocycles. The smallest absolute Gasteiger partial charge is 0.308 e. The largest absolute Gasteiger partial charge is 0.481 e. The van der Waals surface area contributed by atoms with Crippen LogP contribution in [0.25, 0.3) is 0 Å². The van der Waals surface area contributed by atoms with Crippen LogP contribution < -0.4 is 0 Å². The fraction of sp³-hybridized carbons (Fsp3) is 0.500. The summed E-state index contributed by atoms with van der Waals surface area (Å²) in [6.45, 7) is 1.52. The van der Waals surface area contributed by atoms with Crippen LogP contribution in [0.4, 0.5) is 0 Å². The van der Waals surface area contributed by atoms with Gasteiger partial charge in [-0.1, -0.05) is 6.07 Å². The zero-order valence-corrected chi connectivity index (χ0v) is 8.83. The fourth-order valence-electron chi connectivity index (χ4n) is 2.04. The summed E-state index contributed by atoms with van der Waals surface area (Å²) in [6.07, 6.45) is 0. The van der Waals surface area contributed by atoms with Crippen LogP contribution >= 0.6 is 11.3 Å². The van der Waals surface area contributed by atoms with E-state index in [9.17, 15) is 4.79 Å². The van der Waals surface area contributed by atoms with Crippen molar-refractivity contribution < 1.29 is 9.90 Å². The van der Waals surface area contributed by atoms with Crippen molar-refractivity contribution in [2.75, 3.05) is 20.1 Å². The van der Waals surface area contributed by atoms with E-state index in [2.05, 4.69) is 4.90 Å². The molecule has 3 nitrogen and oxygen atoms in total. The molecule has 1 aromatic rings. The van der Waals surface area contributed by atoms with Gasteiger partial charge in [0, 0.05) is 23.9 Å². The van der Waals surface area contributed by atoms with Gasteiger partial charge in [0.15, 0.2) is 0 Å². The topological polar surface area (TPSA) is 40.5 Å². The molecular weight excluding hydrogens is 198 g/mol. The zero-order chi connectivity index (χ0) is 10.1. The Morgan fingerprint density at radius 2 is 2.43 bits per heavy atom. The molecule has 1 N–H and O–H groups in total. The van der Waals surface area contributed by atoms with E-state index in [1.54, 1.807) is 11.3 Å². The van der Waals surface area contributed by atoms with Crippen molar-refractivity contribution in [3.05, 3.63) is 22.4 Å². The molecule has 0 unspecified atom stereocenters. The monoisotopic (exact) mass is 211 g/mol. The van der Waals surface area contributed by atoms with Gasteiger partial charge in [-0.2, -0.15) is 0 Å². The highest BCUT2D eigenvalue weighted by Gasteiger charge is 2.37. The summed E-state index contributed by atoms with van der Waals surface area (Å²) in [7, 11) is 1.98. The lowest BCUT2D eigenvalue weighted by molar-refractivity contribution is -0.141. The van der Waals surface area contributed by atoms with Crippen molar-refractivity contribution in [2.24, 2.45) is 5.92 Å². The highest BCUT2D eigenvalue weighted by Crippen LogP contribution is 2.34. The number of nitrogens with zero attached hydrogens (tertiary/aromatic N) is 1. The van der Waals surface area contributed by atoms with E-state index in [1.165, 1.54) is 4.88 Å². The third-order valence-electron chi connectivity index (χ3n) is 2.73. The molecule has 0 radical (unpaired) electrons. The molecule has 1 aromatic heterocycles. The number of carboxylic acid groups (broad SMARTS) is 1. The first-order valence-electron chi connectivity index (χ1n) is 4.63. The van der Waals surface area contributed by atoms with Gasteiger partial charge in [-0.15, -0.1) is 11.3 Å². The number of likely N-dealkylation sites (tertiary alicyclic amines) is 1. The molecule has 1 fully saturated rings. The number of aliphatic carboxylic acids is 1.